The number of rotatable bonds is 6. The number of carbonyl (C=O) groups is 1. The fraction of sp³-hybridized carbons (Fsp3) is 0.929. The zero-order valence-electron chi connectivity index (χ0n) is 13.9. The van der Waals surface area contributed by atoms with Crippen LogP contribution >= 0.6 is 0 Å². The van der Waals surface area contributed by atoms with E-state index < -0.39 is 50.9 Å². The molecule has 0 radical (unpaired) electrons. The average Bonchev–Trinajstić information content (AvgIpc) is 2.38. The van der Waals surface area contributed by atoms with E-state index in [2.05, 4.69) is 19.6 Å². The maximum Gasteiger partial charge on any atom is 0.303 e. The second-order valence-electron chi connectivity index (χ2n) is 7.02. The van der Waals surface area contributed by atoms with Gasteiger partial charge >= 0.3 is 5.97 Å². The second kappa shape index (κ2) is 7.37. The third kappa shape index (κ3) is 5.00. The zero-order chi connectivity index (χ0) is 17.1. The lowest BCUT2D eigenvalue weighted by atomic mass is 9.93. The van der Waals surface area contributed by atoms with Crippen LogP contribution in [-0.2, 0) is 19.0 Å². The molecule has 1 fully saturated rings. The van der Waals surface area contributed by atoms with Crippen LogP contribution in [0.5, 0.6) is 0 Å². The highest BCUT2D eigenvalue weighted by Gasteiger charge is 2.53. The summed E-state index contributed by atoms with van der Waals surface area (Å²) >= 11 is 0. The second-order valence-corrected chi connectivity index (χ2v) is 12.6. The molecule has 0 aromatic carbocycles. The number of esters is 1. The van der Waals surface area contributed by atoms with E-state index in [4.69, 9.17) is 14.2 Å². The van der Waals surface area contributed by atoms with Crippen LogP contribution in [0, 0.1) is 0 Å². The smallest absolute Gasteiger partial charge is 0.303 e. The van der Waals surface area contributed by atoms with Crippen molar-refractivity contribution in [1.82, 2.24) is 0 Å². The Morgan fingerprint density at radius 3 is 2.36 bits per heavy atom. The van der Waals surface area contributed by atoms with Crippen LogP contribution in [-0.4, -0.2) is 72.8 Å². The van der Waals surface area contributed by atoms with Gasteiger partial charge in [0.25, 0.3) is 0 Å². The summed E-state index contributed by atoms with van der Waals surface area (Å²) in [6, 6.07) is 0.867. The quantitative estimate of drug-likeness (QED) is 0.467. The van der Waals surface area contributed by atoms with Crippen molar-refractivity contribution in [1.29, 1.82) is 0 Å². The highest BCUT2D eigenvalue weighted by molar-refractivity contribution is 6.76. The summed E-state index contributed by atoms with van der Waals surface area (Å²) in [7, 11) is -1.32. The van der Waals surface area contributed by atoms with Crippen LogP contribution in [0.4, 0.5) is 0 Å². The Morgan fingerprint density at radius 1 is 1.32 bits per heavy atom. The number of aliphatic hydroxyl groups is 3. The summed E-state index contributed by atoms with van der Waals surface area (Å²) in [6.07, 6.45) is -4.88. The van der Waals surface area contributed by atoms with Crippen molar-refractivity contribution in [3.8, 4) is 0 Å². The van der Waals surface area contributed by atoms with E-state index in [0.29, 0.717) is 6.61 Å². The van der Waals surface area contributed by atoms with Crippen LogP contribution in [0.3, 0.4) is 0 Å². The molecule has 8 heteroatoms. The van der Waals surface area contributed by atoms with E-state index in [1.54, 1.807) is 0 Å². The van der Waals surface area contributed by atoms with Crippen LogP contribution in [0.25, 0.3) is 0 Å². The van der Waals surface area contributed by atoms with E-state index in [0.717, 1.165) is 6.04 Å². The summed E-state index contributed by atoms with van der Waals surface area (Å²) in [5.74, 6) is -2.08. The molecule has 0 amide bonds. The van der Waals surface area contributed by atoms with Gasteiger partial charge in [-0.3, -0.25) is 4.79 Å². The average molecular weight is 336 g/mol. The van der Waals surface area contributed by atoms with Gasteiger partial charge in [-0.2, -0.15) is 0 Å². The minimum atomic E-state index is -1.46. The Morgan fingerprint density at radius 2 is 1.91 bits per heavy atom. The molecular formula is C14H28O7Si. The number of hydrogen-bond donors (Lipinski definition) is 3. The minimum absolute atomic E-state index is 0.381. The summed E-state index contributed by atoms with van der Waals surface area (Å²) in [5, 5.41) is 29.9. The van der Waals surface area contributed by atoms with E-state index >= 15 is 0 Å². The molecule has 1 aliphatic heterocycles. The maximum atomic E-state index is 11.1. The molecule has 0 bridgehead atoms. The molecule has 0 saturated carbocycles. The molecule has 0 unspecified atom stereocenters. The lowest BCUT2D eigenvalue weighted by molar-refractivity contribution is -0.356. The normalized spacial score (nSPS) is 36.2. The first kappa shape index (κ1) is 19.5. The molecule has 1 aliphatic rings. The Labute approximate surface area is 132 Å². The molecule has 1 rings (SSSR count). The topological polar surface area (TPSA) is 105 Å². The van der Waals surface area contributed by atoms with E-state index in [9.17, 15) is 20.1 Å². The van der Waals surface area contributed by atoms with Gasteiger partial charge in [0.15, 0.2) is 11.9 Å². The van der Waals surface area contributed by atoms with Crippen molar-refractivity contribution in [3.05, 3.63) is 0 Å². The standard InChI is InChI=1S/C14H28O7Si/c1-9(16)20-12-10(8-15)21-14(2,13(18)11(12)17)19-6-7-22(3,4)5/h10-13,15,17-18H,6-8H2,1-5H3/t10-,11+,12-,13-,14-/m1/s1. The van der Waals surface area contributed by atoms with Gasteiger partial charge in [0, 0.05) is 21.6 Å². The summed E-state index contributed by atoms with van der Waals surface area (Å²) < 4.78 is 16.2. The van der Waals surface area contributed by atoms with Gasteiger partial charge in [0.05, 0.1) is 6.61 Å². The number of hydrogen-bond acceptors (Lipinski definition) is 7. The first-order chi connectivity index (χ1) is 10.00. The predicted molar refractivity (Wildman–Crippen MR) is 82.0 cm³/mol. The number of aliphatic hydroxyl groups excluding tert-OH is 3. The van der Waals surface area contributed by atoms with Gasteiger partial charge < -0.3 is 29.5 Å². The lowest BCUT2D eigenvalue weighted by Crippen LogP contribution is -2.65. The Kier molecular flexibility index (Phi) is 6.54. The first-order valence-corrected chi connectivity index (χ1v) is 11.2. The molecular weight excluding hydrogens is 308 g/mol. The Bertz CT molecular complexity index is 382. The SMILES string of the molecule is CC(=O)O[C@H]1[C@H](O)[C@@H](O)[C@](C)(OCC[Si](C)(C)C)O[C@@H]1CO. The molecule has 7 nitrogen and oxygen atoms in total. The predicted octanol–water partition coefficient (Wildman–Crippen LogP) is 0.102. The first-order valence-electron chi connectivity index (χ1n) is 7.46. The van der Waals surface area contributed by atoms with Crippen LogP contribution in [0.15, 0.2) is 0 Å². The van der Waals surface area contributed by atoms with Gasteiger partial charge in [-0.25, -0.2) is 0 Å². The van der Waals surface area contributed by atoms with Gasteiger partial charge in [-0.05, 0) is 13.0 Å². The van der Waals surface area contributed by atoms with Gasteiger partial charge in [0.1, 0.15) is 18.3 Å². The summed E-state index contributed by atoms with van der Waals surface area (Å²) in [6.45, 7) is 9.20. The monoisotopic (exact) mass is 336 g/mol. The zero-order valence-corrected chi connectivity index (χ0v) is 14.9. The van der Waals surface area contributed by atoms with E-state index in [1.807, 2.05) is 0 Å². The number of ether oxygens (including phenoxy) is 3. The minimum Gasteiger partial charge on any atom is -0.457 e. The van der Waals surface area contributed by atoms with Crippen molar-refractivity contribution in [2.75, 3.05) is 13.2 Å². The highest BCUT2D eigenvalue weighted by Crippen LogP contribution is 2.32. The molecule has 5 atom stereocenters. The Hall–Kier alpha value is -0.513. The summed E-state index contributed by atoms with van der Waals surface area (Å²) in [4.78, 5) is 11.1. The maximum absolute atomic E-state index is 11.1. The van der Waals surface area contributed by atoms with Gasteiger partial charge in [0.2, 0.25) is 0 Å². The third-order valence-corrected chi connectivity index (χ3v) is 5.38. The van der Waals surface area contributed by atoms with E-state index in [-0.39, 0.29) is 0 Å². The van der Waals surface area contributed by atoms with Gasteiger partial charge in [-0.1, -0.05) is 19.6 Å². The molecule has 0 aromatic heterocycles. The third-order valence-electron chi connectivity index (χ3n) is 3.67. The fourth-order valence-corrected chi connectivity index (χ4v) is 3.02. The van der Waals surface area contributed by atoms with Crippen molar-refractivity contribution in [2.24, 2.45) is 0 Å². The van der Waals surface area contributed by atoms with Crippen molar-refractivity contribution in [2.45, 2.75) is 69.7 Å². The van der Waals surface area contributed by atoms with Crippen LogP contribution < -0.4 is 0 Å². The van der Waals surface area contributed by atoms with Crippen molar-refractivity contribution < 1.29 is 34.3 Å². The fourth-order valence-electron chi connectivity index (χ4n) is 2.30. The van der Waals surface area contributed by atoms with Crippen LogP contribution in [0.2, 0.25) is 25.7 Å². The molecule has 0 spiro atoms. The van der Waals surface area contributed by atoms with E-state index in [1.165, 1.54) is 13.8 Å². The molecule has 1 saturated heterocycles. The Balaban J connectivity index is 2.79. The van der Waals surface area contributed by atoms with Crippen molar-refractivity contribution >= 4 is 14.0 Å². The van der Waals surface area contributed by atoms with Crippen LogP contribution in [0.1, 0.15) is 13.8 Å². The lowest BCUT2D eigenvalue weighted by Gasteiger charge is -2.47. The summed E-state index contributed by atoms with van der Waals surface area (Å²) in [5.41, 5.74) is 0. The largest absolute Gasteiger partial charge is 0.457 e. The van der Waals surface area contributed by atoms with Crippen molar-refractivity contribution in [3.63, 3.8) is 0 Å². The number of carbonyl (C=O) groups excluding carboxylic acids is 1. The molecule has 0 aromatic rings. The molecule has 3 N–H and O–H groups in total. The highest BCUT2D eigenvalue weighted by atomic mass is 28.3. The molecule has 130 valence electrons. The van der Waals surface area contributed by atoms with Gasteiger partial charge in [-0.15, -0.1) is 0 Å². The molecule has 1 heterocycles. The molecule has 0 aliphatic carbocycles. The molecule has 22 heavy (non-hydrogen) atoms.